The number of carbonyl (C=O) groups is 5. The van der Waals surface area contributed by atoms with Crippen molar-refractivity contribution in [2.75, 3.05) is 125 Å². The lowest BCUT2D eigenvalue weighted by Gasteiger charge is -2.12. The molecule has 0 aliphatic heterocycles. The fraction of sp³-hybridized carbons (Fsp3) is 0.889. The Hall–Kier alpha value is -2.61. The minimum atomic E-state index is -1.07. The number of carboxylic acids is 2. The van der Waals surface area contributed by atoms with Gasteiger partial charge >= 0.3 is 11.9 Å². The SMILES string of the molecule is CC(=O)CCOCCOCCOCCOCCOCCOCCOCCOCCNC(=O)CC[C@H](CC(=O)CNCCCCCCCCCCCCCCCCC(=O)O)C(=O)O. The fourth-order valence-corrected chi connectivity index (χ4v) is 6.05. The van der Waals surface area contributed by atoms with Crippen molar-refractivity contribution >= 4 is 29.4 Å². The molecule has 17 nitrogen and oxygen atoms in total. The lowest BCUT2D eigenvalue weighted by atomic mass is 9.97. The van der Waals surface area contributed by atoms with E-state index in [0.717, 1.165) is 38.6 Å². The quantitative estimate of drug-likeness (QED) is 0.0578. The van der Waals surface area contributed by atoms with Crippen LogP contribution in [0, 0.1) is 5.92 Å². The van der Waals surface area contributed by atoms with E-state index in [1.165, 1.54) is 64.7 Å². The molecule has 0 aliphatic rings. The maximum atomic E-state index is 12.4. The number of carboxylic acid groups (broad SMARTS) is 2. The highest BCUT2D eigenvalue weighted by molar-refractivity contribution is 5.85. The highest BCUT2D eigenvalue weighted by atomic mass is 16.6. The van der Waals surface area contributed by atoms with Gasteiger partial charge in [0.05, 0.1) is 118 Å². The van der Waals surface area contributed by atoms with E-state index in [4.69, 9.17) is 43.0 Å². The van der Waals surface area contributed by atoms with Crippen molar-refractivity contribution in [3.05, 3.63) is 0 Å². The molecule has 0 aromatic rings. The van der Waals surface area contributed by atoms with Crippen LogP contribution in [0.25, 0.3) is 0 Å². The van der Waals surface area contributed by atoms with Crippen LogP contribution in [0.5, 0.6) is 0 Å². The van der Waals surface area contributed by atoms with Gasteiger partial charge in [-0.15, -0.1) is 0 Å². The third-order valence-electron chi connectivity index (χ3n) is 9.63. The number of unbranched alkanes of at least 4 members (excludes halogenated alkanes) is 13. The van der Waals surface area contributed by atoms with Crippen molar-refractivity contribution in [2.45, 2.75) is 129 Å². The number of ketones is 2. The van der Waals surface area contributed by atoms with Gasteiger partial charge in [0.1, 0.15) is 11.6 Å². The Balaban J connectivity index is 3.48. The number of amides is 1. The Morgan fingerprint density at radius 2 is 0.806 bits per heavy atom. The van der Waals surface area contributed by atoms with Crippen molar-refractivity contribution in [1.29, 1.82) is 0 Å². The van der Waals surface area contributed by atoms with Crippen LogP contribution in [0.2, 0.25) is 0 Å². The number of ether oxygens (including phenoxy) is 8. The van der Waals surface area contributed by atoms with Gasteiger partial charge in [0.2, 0.25) is 5.91 Å². The summed E-state index contributed by atoms with van der Waals surface area (Å²) in [4.78, 5) is 57.6. The van der Waals surface area contributed by atoms with E-state index in [9.17, 15) is 29.1 Å². The predicted molar refractivity (Wildman–Crippen MR) is 235 cm³/mol. The molecule has 0 aromatic heterocycles. The minimum Gasteiger partial charge on any atom is -0.481 e. The zero-order valence-electron chi connectivity index (χ0n) is 38.1. The topological polar surface area (TPSA) is 224 Å². The number of hydrogen-bond acceptors (Lipinski definition) is 14. The molecule has 0 saturated heterocycles. The van der Waals surface area contributed by atoms with Crippen molar-refractivity contribution in [3.63, 3.8) is 0 Å². The Morgan fingerprint density at radius 1 is 0.435 bits per heavy atom. The first kappa shape index (κ1) is 59.4. The van der Waals surface area contributed by atoms with Crippen molar-refractivity contribution in [2.24, 2.45) is 5.92 Å². The van der Waals surface area contributed by atoms with Gasteiger partial charge in [-0.25, -0.2) is 0 Å². The summed E-state index contributed by atoms with van der Waals surface area (Å²) in [6.07, 6.45) is 16.9. The Bertz CT molecular complexity index is 1070. The largest absolute Gasteiger partial charge is 0.481 e. The summed E-state index contributed by atoms with van der Waals surface area (Å²) in [5.74, 6) is -2.99. The summed E-state index contributed by atoms with van der Waals surface area (Å²) in [5.41, 5.74) is 0. The summed E-state index contributed by atoms with van der Waals surface area (Å²) in [6, 6.07) is 0. The van der Waals surface area contributed by atoms with Crippen LogP contribution in [-0.2, 0) is 61.9 Å². The highest BCUT2D eigenvalue weighted by Gasteiger charge is 2.22. The van der Waals surface area contributed by atoms with Gasteiger partial charge in [0, 0.05) is 32.2 Å². The van der Waals surface area contributed by atoms with Crippen LogP contribution in [-0.4, -0.2) is 165 Å². The minimum absolute atomic E-state index is 0.0217. The molecule has 4 N–H and O–H groups in total. The average Bonchev–Trinajstić information content (AvgIpc) is 3.24. The van der Waals surface area contributed by atoms with Gasteiger partial charge in [0.15, 0.2) is 0 Å². The van der Waals surface area contributed by atoms with Crippen molar-refractivity contribution in [3.8, 4) is 0 Å². The Kier molecular flexibility index (Phi) is 45.8. The molecular weight excluding hydrogens is 808 g/mol. The molecule has 364 valence electrons. The molecule has 0 saturated carbocycles. The molecule has 0 spiro atoms. The fourth-order valence-electron chi connectivity index (χ4n) is 6.05. The first-order chi connectivity index (χ1) is 30.2. The number of rotatable bonds is 52. The van der Waals surface area contributed by atoms with E-state index in [1.54, 1.807) is 0 Å². The first-order valence-electron chi connectivity index (χ1n) is 23.3. The van der Waals surface area contributed by atoms with Gasteiger partial charge in [-0.1, -0.05) is 77.0 Å². The standard InChI is InChI=1S/C45H84N2O15/c1-40(48)19-22-55-24-26-57-28-30-59-32-34-61-36-37-62-35-33-60-31-29-58-27-25-56-23-21-47-43(50)18-17-41(45(53)54)38-42(49)39-46-20-15-13-11-9-7-5-3-2-4-6-8-10-12-14-16-44(51)52/h41,46H,2-39H2,1H3,(H,47,50)(H,51,52)(H,53,54)/t41-/m1/s1. The van der Waals surface area contributed by atoms with E-state index < -0.39 is 17.9 Å². The molecule has 1 atom stereocenters. The highest BCUT2D eigenvalue weighted by Crippen LogP contribution is 2.14. The molecule has 0 rings (SSSR count). The second-order valence-electron chi connectivity index (χ2n) is 15.3. The molecule has 0 heterocycles. The van der Waals surface area contributed by atoms with Gasteiger partial charge in [-0.3, -0.25) is 24.0 Å². The van der Waals surface area contributed by atoms with Gasteiger partial charge in [0.25, 0.3) is 0 Å². The van der Waals surface area contributed by atoms with Crippen LogP contribution in [0.15, 0.2) is 0 Å². The van der Waals surface area contributed by atoms with Crippen LogP contribution < -0.4 is 10.6 Å². The van der Waals surface area contributed by atoms with E-state index in [-0.39, 0.29) is 49.7 Å². The monoisotopic (exact) mass is 893 g/mol. The Labute approximate surface area is 371 Å². The maximum Gasteiger partial charge on any atom is 0.306 e. The molecule has 0 radical (unpaired) electrons. The molecular formula is C45H84N2O15. The van der Waals surface area contributed by atoms with Gasteiger partial charge in [-0.05, 0) is 32.7 Å². The predicted octanol–water partition coefficient (Wildman–Crippen LogP) is 5.18. The van der Waals surface area contributed by atoms with Crippen LogP contribution in [0.3, 0.4) is 0 Å². The molecule has 0 unspecified atom stereocenters. The van der Waals surface area contributed by atoms with Crippen LogP contribution >= 0.6 is 0 Å². The van der Waals surface area contributed by atoms with E-state index in [2.05, 4.69) is 10.6 Å². The zero-order chi connectivity index (χ0) is 45.4. The molecule has 0 aliphatic carbocycles. The van der Waals surface area contributed by atoms with E-state index in [1.807, 2.05) is 0 Å². The normalized spacial score (nSPS) is 11.8. The number of Topliss-reactive ketones (excluding diaryl/α,β-unsaturated/α-hetero) is 2. The summed E-state index contributed by atoms with van der Waals surface area (Å²) in [5, 5.41) is 24.1. The number of nitrogens with one attached hydrogen (secondary N) is 2. The number of aliphatic carboxylic acids is 2. The number of carbonyl (C=O) groups excluding carboxylic acids is 3. The second-order valence-corrected chi connectivity index (χ2v) is 15.3. The van der Waals surface area contributed by atoms with Gasteiger partial charge in [-0.2, -0.15) is 0 Å². The third-order valence-corrected chi connectivity index (χ3v) is 9.63. The lowest BCUT2D eigenvalue weighted by molar-refractivity contribution is -0.144. The molecule has 0 bridgehead atoms. The number of hydrogen-bond donors (Lipinski definition) is 4. The van der Waals surface area contributed by atoms with E-state index in [0.29, 0.717) is 119 Å². The zero-order valence-corrected chi connectivity index (χ0v) is 38.1. The summed E-state index contributed by atoms with van der Waals surface area (Å²) >= 11 is 0. The summed E-state index contributed by atoms with van der Waals surface area (Å²) < 4.78 is 43.4. The maximum absolute atomic E-state index is 12.4. The molecule has 0 aromatic carbocycles. The lowest BCUT2D eigenvalue weighted by Crippen LogP contribution is -2.30. The van der Waals surface area contributed by atoms with Crippen molar-refractivity contribution < 1.29 is 72.1 Å². The first-order valence-corrected chi connectivity index (χ1v) is 23.3. The second kappa shape index (κ2) is 47.9. The average molecular weight is 893 g/mol. The van der Waals surface area contributed by atoms with E-state index >= 15 is 0 Å². The van der Waals surface area contributed by atoms with Crippen molar-refractivity contribution in [1.82, 2.24) is 10.6 Å². The van der Waals surface area contributed by atoms with Crippen LogP contribution in [0.4, 0.5) is 0 Å². The summed E-state index contributed by atoms with van der Waals surface area (Å²) in [6.45, 7) is 9.61. The van der Waals surface area contributed by atoms with Crippen LogP contribution in [0.1, 0.15) is 129 Å². The Morgan fingerprint density at radius 3 is 1.19 bits per heavy atom. The molecule has 0 fully saturated rings. The third kappa shape index (κ3) is 48.4. The molecule has 62 heavy (non-hydrogen) atoms. The molecule has 1 amide bonds. The smallest absolute Gasteiger partial charge is 0.306 e. The summed E-state index contributed by atoms with van der Waals surface area (Å²) in [7, 11) is 0. The van der Waals surface area contributed by atoms with Gasteiger partial charge < -0.3 is 58.7 Å². The molecule has 17 heteroatoms.